The first-order valence-corrected chi connectivity index (χ1v) is 10.6. The van der Waals surface area contributed by atoms with Gasteiger partial charge in [-0.15, -0.1) is 0 Å². The van der Waals surface area contributed by atoms with Gasteiger partial charge in [-0.3, -0.25) is 4.68 Å². The van der Waals surface area contributed by atoms with Crippen LogP contribution < -0.4 is 0 Å². The summed E-state index contributed by atoms with van der Waals surface area (Å²) in [4.78, 5) is 0. The zero-order valence-electron chi connectivity index (χ0n) is 13.7. The smallest absolute Gasteiger partial charge is 0.192 e. The molecule has 1 aromatic rings. The summed E-state index contributed by atoms with van der Waals surface area (Å²) in [5.74, 6) is 0. The number of hydrogen-bond acceptors (Lipinski definition) is 3. The van der Waals surface area contributed by atoms with E-state index in [-0.39, 0.29) is 11.1 Å². The largest absolute Gasteiger partial charge is 0.410 e. The summed E-state index contributed by atoms with van der Waals surface area (Å²) in [7, 11) is -0.0863. The van der Waals surface area contributed by atoms with E-state index in [2.05, 4.69) is 54.9 Å². The molecule has 0 aliphatic carbocycles. The van der Waals surface area contributed by atoms with E-state index >= 15 is 0 Å². The average Bonchev–Trinajstić information content (AvgIpc) is 2.59. The van der Waals surface area contributed by atoms with Crippen molar-refractivity contribution in [3.8, 4) is 0 Å². The first kappa shape index (κ1) is 17.9. The van der Waals surface area contributed by atoms with Gasteiger partial charge in [0.25, 0.3) is 0 Å². The minimum Gasteiger partial charge on any atom is -0.410 e. The number of ether oxygens (including phenoxy) is 1. The van der Waals surface area contributed by atoms with Crippen LogP contribution in [-0.4, -0.2) is 37.9 Å². The summed E-state index contributed by atoms with van der Waals surface area (Å²) in [6.07, 6.45) is 1.86. The third kappa shape index (κ3) is 4.41. The van der Waals surface area contributed by atoms with Crippen molar-refractivity contribution < 1.29 is 9.16 Å². The molecule has 20 heavy (non-hydrogen) atoms. The molecule has 0 fully saturated rings. The van der Waals surface area contributed by atoms with Gasteiger partial charge in [0.15, 0.2) is 8.32 Å². The molecule has 0 aliphatic heterocycles. The molecule has 0 spiro atoms. The molecule has 1 aromatic heterocycles. The number of halogens is 1. The van der Waals surface area contributed by atoms with Gasteiger partial charge in [-0.05, 0) is 41.0 Å². The van der Waals surface area contributed by atoms with E-state index in [9.17, 15) is 0 Å². The van der Waals surface area contributed by atoms with E-state index in [1.807, 2.05) is 17.8 Å². The number of rotatable bonds is 6. The molecule has 1 rings (SSSR count). The van der Waals surface area contributed by atoms with Crippen molar-refractivity contribution in [3.63, 3.8) is 0 Å². The normalized spacial score (nSPS) is 14.6. The Morgan fingerprint density at radius 2 is 2.00 bits per heavy atom. The molecule has 0 saturated heterocycles. The fourth-order valence-corrected chi connectivity index (χ4v) is 3.33. The van der Waals surface area contributed by atoms with Crippen molar-refractivity contribution in [3.05, 3.63) is 16.4 Å². The molecule has 1 atom stereocenters. The van der Waals surface area contributed by atoms with Gasteiger partial charge >= 0.3 is 0 Å². The van der Waals surface area contributed by atoms with Gasteiger partial charge in [-0.25, -0.2) is 0 Å². The third-order valence-electron chi connectivity index (χ3n) is 4.04. The van der Waals surface area contributed by atoms with Crippen LogP contribution in [0, 0.1) is 6.92 Å². The highest BCUT2D eigenvalue weighted by atomic mass is 79.9. The monoisotopic (exact) mass is 362 g/mol. The van der Waals surface area contributed by atoms with Crippen LogP contribution in [0.5, 0.6) is 0 Å². The van der Waals surface area contributed by atoms with Crippen molar-refractivity contribution in [1.29, 1.82) is 0 Å². The topological polar surface area (TPSA) is 36.3 Å². The number of aromatic nitrogens is 2. The Morgan fingerprint density at radius 3 is 2.40 bits per heavy atom. The summed E-state index contributed by atoms with van der Waals surface area (Å²) in [5.41, 5.74) is 1.12. The lowest BCUT2D eigenvalue weighted by Crippen LogP contribution is -2.46. The maximum atomic E-state index is 6.45. The van der Waals surface area contributed by atoms with Crippen LogP contribution in [0.3, 0.4) is 0 Å². The molecular formula is C14H27BrN2O2Si. The average molecular weight is 363 g/mol. The molecule has 6 heteroatoms. The van der Waals surface area contributed by atoms with Gasteiger partial charge in [0, 0.05) is 12.8 Å². The summed E-state index contributed by atoms with van der Waals surface area (Å²) in [6.45, 7) is 14.6. The Kier molecular flexibility index (Phi) is 6.01. The van der Waals surface area contributed by atoms with Crippen molar-refractivity contribution in [2.45, 2.75) is 58.5 Å². The van der Waals surface area contributed by atoms with Crippen LogP contribution in [0.1, 0.15) is 26.5 Å². The van der Waals surface area contributed by atoms with Crippen LogP contribution in [-0.2, 0) is 15.7 Å². The van der Waals surface area contributed by atoms with Crippen LogP contribution in [0.15, 0.2) is 10.7 Å². The van der Waals surface area contributed by atoms with Crippen molar-refractivity contribution in [2.75, 3.05) is 13.7 Å². The molecule has 0 bridgehead atoms. The summed E-state index contributed by atoms with van der Waals surface area (Å²) in [5, 5.41) is 4.57. The number of hydrogen-bond donors (Lipinski definition) is 0. The lowest BCUT2D eigenvalue weighted by Gasteiger charge is -2.39. The van der Waals surface area contributed by atoms with Gasteiger partial charge in [-0.2, -0.15) is 5.10 Å². The predicted octanol–water partition coefficient (Wildman–Crippen LogP) is 3.99. The summed E-state index contributed by atoms with van der Waals surface area (Å²) in [6, 6.07) is 0. The van der Waals surface area contributed by atoms with E-state index in [4.69, 9.17) is 9.16 Å². The lowest BCUT2D eigenvalue weighted by molar-refractivity contribution is 0.0582. The van der Waals surface area contributed by atoms with Crippen molar-refractivity contribution in [1.82, 2.24) is 9.78 Å². The Morgan fingerprint density at radius 1 is 1.40 bits per heavy atom. The molecule has 0 radical (unpaired) electrons. The predicted molar refractivity (Wildman–Crippen MR) is 88.6 cm³/mol. The van der Waals surface area contributed by atoms with Crippen LogP contribution >= 0.6 is 15.9 Å². The fourth-order valence-electron chi connectivity index (χ4n) is 1.70. The second-order valence-electron chi connectivity index (χ2n) is 6.72. The molecule has 0 saturated carbocycles. The Hall–Kier alpha value is -0.173. The molecule has 0 amide bonds. The van der Waals surface area contributed by atoms with Gasteiger partial charge in [0.1, 0.15) is 0 Å². The van der Waals surface area contributed by atoms with Crippen molar-refractivity contribution in [2.24, 2.45) is 0 Å². The van der Waals surface area contributed by atoms with E-state index in [0.29, 0.717) is 6.61 Å². The molecular weight excluding hydrogens is 336 g/mol. The van der Waals surface area contributed by atoms with E-state index in [0.717, 1.165) is 16.7 Å². The van der Waals surface area contributed by atoms with Crippen LogP contribution in [0.4, 0.5) is 0 Å². The zero-order valence-corrected chi connectivity index (χ0v) is 16.2. The molecule has 0 aromatic carbocycles. The molecule has 1 heterocycles. The van der Waals surface area contributed by atoms with Crippen LogP contribution in [0.25, 0.3) is 0 Å². The number of methoxy groups -OCH3 is 1. The molecule has 4 nitrogen and oxygen atoms in total. The second-order valence-corrected chi connectivity index (χ2v) is 12.3. The van der Waals surface area contributed by atoms with Gasteiger partial charge < -0.3 is 9.16 Å². The first-order valence-electron chi connectivity index (χ1n) is 6.93. The molecule has 0 N–H and O–H groups in total. The Labute approximate surface area is 132 Å². The van der Waals surface area contributed by atoms with E-state index in [1.54, 1.807) is 7.11 Å². The Balaban J connectivity index is 2.82. The van der Waals surface area contributed by atoms with Gasteiger partial charge in [-0.1, -0.05) is 20.8 Å². The van der Waals surface area contributed by atoms with Crippen LogP contribution in [0.2, 0.25) is 18.1 Å². The van der Waals surface area contributed by atoms with Gasteiger partial charge in [0.2, 0.25) is 0 Å². The van der Waals surface area contributed by atoms with Crippen molar-refractivity contribution >= 4 is 24.2 Å². The minimum atomic E-state index is -1.80. The highest BCUT2D eigenvalue weighted by Gasteiger charge is 2.39. The quantitative estimate of drug-likeness (QED) is 0.717. The Bertz CT molecular complexity index is 441. The molecule has 0 aliphatic rings. The SMILES string of the molecule is COCC(Cn1ncc(Br)c1C)O[Si](C)(C)C(C)(C)C. The summed E-state index contributed by atoms with van der Waals surface area (Å²) >= 11 is 3.49. The third-order valence-corrected chi connectivity index (χ3v) is 9.35. The van der Waals surface area contributed by atoms with E-state index < -0.39 is 8.32 Å². The summed E-state index contributed by atoms with van der Waals surface area (Å²) < 4.78 is 14.8. The second kappa shape index (κ2) is 6.73. The lowest BCUT2D eigenvalue weighted by atomic mass is 10.2. The standard InChI is InChI=1S/C14H27BrN2O2Si/c1-11-13(15)8-16-17(11)9-12(10-18-5)19-20(6,7)14(2,3)4/h8,12H,9-10H2,1-7H3. The van der Waals surface area contributed by atoms with Gasteiger partial charge in [0.05, 0.1) is 29.9 Å². The first-order chi connectivity index (χ1) is 9.08. The maximum absolute atomic E-state index is 6.45. The minimum absolute atomic E-state index is 0.0337. The zero-order chi connectivity index (χ0) is 15.6. The maximum Gasteiger partial charge on any atom is 0.192 e. The molecule has 116 valence electrons. The number of nitrogens with zero attached hydrogens (tertiary/aromatic N) is 2. The fraction of sp³-hybridized carbons (Fsp3) is 0.786. The highest BCUT2D eigenvalue weighted by Crippen LogP contribution is 2.37. The molecule has 1 unspecified atom stereocenters. The highest BCUT2D eigenvalue weighted by molar-refractivity contribution is 9.10. The van der Waals surface area contributed by atoms with E-state index in [1.165, 1.54) is 0 Å².